The number of thiazole rings is 1. The first kappa shape index (κ1) is 18.0. The third kappa shape index (κ3) is 3.18. The number of hydrogen-bond donors (Lipinski definition) is 3. The largest absolute Gasteiger partial charge is 0.492 e. The zero-order chi connectivity index (χ0) is 18.4. The molecule has 0 saturated carbocycles. The number of likely N-dealkylation sites (tertiary alicyclic amines) is 1. The third-order valence-corrected chi connectivity index (χ3v) is 6.67. The van der Waals surface area contributed by atoms with Crippen LogP contribution in [-0.4, -0.2) is 44.0 Å². The standard InChI is InChI=1S/C17H18Cl2N4O2S/c1-9-20-17-23(21-9)16(25)15(26-17)14(22-6-4-11(24)5-7-22)10-2-3-12(18)13(19)8-10/h2-3,8,11,14,24-25H,4-7H2,1H3/p+1/t14-/m1/s1. The number of piperidine rings is 1. The van der Waals surface area contributed by atoms with Gasteiger partial charge in [0.25, 0.3) is 0 Å². The molecular formula is C17H19Cl2N4O2S+. The Balaban J connectivity index is 1.82. The summed E-state index contributed by atoms with van der Waals surface area (Å²) in [6.07, 6.45) is 1.20. The molecule has 4 rings (SSSR count). The predicted octanol–water partition coefficient (Wildman–Crippen LogP) is 2.24. The average Bonchev–Trinajstić information content (AvgIpc) is 3.11. The minimum atomic E-state index is -0.258. The van der Waals surface area contributed by atoms with Gasteiger partial charge in [0, 0.05) is 18.4 Å². The lowest BCUT2D eigenvalue weighted by Crippen LogP contribution is -3.13. The molecule has 3 N–H and O–H groups in total. The minimum absolute atomic E-state index is 0.111. The van der Waals surface area contributed by atoms with Crippen LogP contribution in [0.4, 0.5) is 0 Å². The van der Waals surface area contributed by atoms with E-state index in [0.717, 1.165) is 36.4 Å². The number of aryl methyl sites for hydroxylation is 1. The average molecular weight is 414 g/mol. The van der Waals surface area contributed by atoms with E-state index in [1.54, 1.807) is 13.0 Å². The summed E-state index contributed by atoms with van der Waals surface area (Å²) in [5.74, 6) is 0.734. The first-order chi connectivity index (χ1) is 12.4. The maximum atomic E-state index is 10.8. The van der Waals surface area contributed by atoms with Crippen molar-refractivity contribution in [3.8, 4) is 5.88 Å². The monoisotopic (exact) mass is 413 g/mol. The smallest absolute Gasteiger partial charge is 0.235 e. The minimum Gasteiger partial charge on any atom is -0.492 e. The summed E-state index contributed by atoms with van der Waals surface area (Å²) in [5, 5.41) is 25.9. The van der Waals surface area contributed by atoms with Gasteiger partial charge in [0.1, 0.15) is 10.7 Å². The number of aliphatic hydroxyl groups is 1. The van der Waals surface area contributed by atoms with E-state index in [1.165, 1.54) is 20.8 Å². The van der Waals surface area contributed by atoms with Crippen molar-refractivity contribution in [2.45, 2.75) is 31.9 Å². The molecule has 0 spiro atoms. The lowest BCUT2D eigenvalue weighted by atomic mass is 9.99. The Morgan fingerprint density at radius 3 is 2.65 bits per heavy atom. The SMILES string of the molecule is Cc1nc2sc([C@@H](c3ccc(Cl)c(Cl)c3)[NH+]3CCC(O)CC3)c(O)n2n1. The molecule has 1 fully saturated rings. The quantitative estimate of drug-likeness (QED) is 0.615. The van der Waals surface area contributed by atoms with Crippen molar-refractivity contribution in [2.24, 2.45) is 0 Å². The van der Waals surface area contributed by atoms with E-state index in [1.807, 2.05) is 12.1 Å². The number of rotatable bonds is 3. The number of aromatic hydroxyl groups is 1. The molecule has 138 valence electrons. The van der Waals surface area contributed by atoms with Crippen LogP contribution in [0, 0.1) is 6.92 Å². The molecule has 1 aliphatic heterocycles. The fourth-order valence-electron chi connectivity index (χ4n) is 3.56. The van der Waals surface area contributed by atoms with Gasteiger partial charge in [-0.15, -0.1) is 5.10 Å². The van der Waals surface area contributed by atoms with Crippen LogP contribution in [0.15, 0.2) is 18.2 Å². The molecular weight excluding hydrogens is 395 g/mol. The van der Waals surface area contributed by atoms with Crippen LogP contribution in [0.5, 0.6) is 5.88 Å². The predicted molar refractivity (Wildman–Crippen MR) is 102 cm³/mol. The van der Waals surface area contributed by atoms with Crippen LogP contribution in [0.1, 0.15) is 35.1 Å². The number of benzene rings is 1. The molecule has 1 aromatic carbocycles. The molecule has 26 heavy (non-hydrogen) atoms. The van der Waals surface area contributed by atoms with Crippen LogP contribution in [0.25, 0.3) is 4.96 Å². The Morgan fingerprint density at radius 1 is 1.27 bits per heavy atom. The molecule has 1 aliphatic rings. The van der Waals surface area contributed by atoms with Gasteiger partial charge in [0.05, 0.1) is 29.2 Å². The summed E-state index contributed by atoms with van der Waals surface area (Å²) >= 11 is 13.8. The summed E-state index contributed by atoms with van der Waals surface area (Å²) in [6.45, 7) is 3.41. The number of fused-ring (bicyclic) bond motifs is 1. The Hall–Kier alpha value is -1.38. The fourth-order valence-corrected chi connectivity index (χ4v) is 5.06. The highest BCUT2D eigenvalue weighted by Gasteiger charge is 2.35. The second-order valence-corrected chi connectivity index (χ2v) is 8.46. The van der Waals surface area contributed by atoms with E-state index < -0.39 is 0 Å². The van der Waals surface area contributed by atoms with Gasteiger partial charge in [-0.05, 0) is 19.1 Å². The van der Waals surface area contributed by atoms with Gasteiger partial charge >= 0.3 is 0 Å². The molecule has 0 aliphatic carbocycles. The first-order valence-electron chi connectivity index (χ1n) is 8.46. The van der Waals surface area contributed by atoms with Crippen molar-refractivity contribution >= 4 is 39.5 Å². The molecule has 0 unspecified atom stereocenters. The lowest BCUT2D eigenvalue weighted by molar-refractivity contribution is -0.931. The number of quaternary nitrogens is 1. The second kappa shape index (κ2) is 6.98. The van der Waals surface area contributed by atoms with Gasteiger partial charge in [-0.3, -0.25) is 0 Å². The van der Waals surface area contributed by atoms with Gasteiger partial charge in [-0.1, -0.05) is 40.6 Å². The highest BCUT2D eigenvalue weighted by molar-refractivity contribution is 7.17. The van der Waals surface area contributed by atoms with E-state index >= 15 is 0 Å². The maximum Gasteiger partial charge on any atom is 0.235 e. The van der Waals surface area contributed by atoms with Crippen LogP contribution >= 0.6 is 34.5 Å². The van der Waals surface area contributed by atoms with Crippen LogP contribution in [-0.2, 0) is 0 Å². The van der Waals surface area contributed by atoms with Crippen molar-refractivity contribution in [1.82, 2.24) is 14.6 Å². The summed E-state index contributed by atoms with van der Waals surface area (Å²) in [7, 11) is 0. The van der Waals surface area contributed by atoms with Crippen molar-refractivity contribution < 1.29 is 15.1 Å². The number of aliphatic hydroxyl groups excluding tert-OH is 1. The Bertz CT molecular complexity index is 950. The first-order valence-corrected chi connectivity index (χ1v) is 10.0. The highest BCUT2D eigenvalue weighted by atomic mass is 35.5. The number of halogens is 2. The topological polar surface area (TPSA) is 75.1 Å². The Morgan fingerprint density at radius 2 is 2.00 bits per heavy atom. The molecule has 1 saturated heterocycles. The molecule has 0 amide bonds. The molecule has 1 atom stereocenters. The molecule has 9 heteroatoms. The van der Waals surface area contributed by atoms with Gasteiger partial charge in [0.15, 0.2) is 6.04 Å². The molecule has 3 heterocycles. The van der Waals surface area contributed by atoms with Crippen LogP contribution in [0.3, 0.4) is 0 Å². The second-order valence-electron chi connectivity index (χ2n) is 6.64. The third-order valence-electron chi connectivity index (χ3n) is 4.85. The summed E-state index contributed by atoms with van der Waals surface area (Å²) in [5.41, 5.74) is 0.974. The number of hydrogen-bond acceptors (Lipinski definition) is 5. The van der Waals surface area contributed by atoms with E-state index in [-0.39, 0.29) is 18.0 Å². The van der Waals surface area contributed by atoms with Crippen molar-refractivity contribution in [2.75, 3.05) is 13.1 Å². The summed E-state index contributed by atoms with van der Waals surface area (Å²) < 4.78 is 1.48. The van der Waals surface area contributed by atoms with Gasteiger partial charge in [-0.25, -0.2) is 4.98 Å². The van der Waals surface area contributed by atoms with Crippen LogP contribution in [0.2, 0.25) is 10.0 Å². The maximum absolute atomic E-state index is 10.8. The zero-order valence-corrected chi connectivity index (χ0v) is 16.4. The van der Waals surface area contributed by atoms with E-state index in [4.69, 9.17) is 23.2 Å². The van der Waals surface area contributed by atoms with E-state index in [0.29, 0.717) is 20.8 Å². The van der Waals surface area contributed by atoms with Crippen molar-refractivity contribution in [3.05, 3.63) is 44.5 Å². The Labute approximate surface area is 164 Å². The molecule has 0 radical (unpaired) electrons. The normalized spacial score (nSPS) is 22.0. The number of aromatic nitrogens is 3. The Kier molecular flexibility index (Phi) is 4.83. The van der Waals surface area contributed by atoms with Gasteiger partial charge in [-0.2, -0.15) is 4.52 Å². The number of nitrogens with one attached hydrogen (secondary N) is 1. The van der Waals surface area contributed by atoms with E-state index in [9.17, 15) is 10.2 Å². The summed E-state index contributed by atoms with van der Waals surface area (Å²) in [6, 6.07) is 5.46. The molecule has 6 nitrogen and oxygen atoms in total. The molecule has 3 aromatic rings. The summed E-state index contributed by atoms with van der Waals surface area (Å²) in [4.78, 5) is 7.10. The highest BCUT2D eigenvalue weighted by Crippen LogP contribution is 2.36. The molecule has 0 bridgehead atoms. The van der Waals surface area contributed by atoms with Gasteiger partial charge in [0.2, 0.25) is 10.8 Å². The molecule has 2 aromatic heterocycles. The number of nitrogens with zero attached hydrogens (tertiary/aromatic N) is 3. The van der Waals surface area contributed by atoms with Crippen molar-refractivity contribution in [3.63, 3.8) is 0 Å². The van der Waals surface area contributed by atoms with Crippen LogP contribution < -0.4 is 4.90 Å². The fraction of sp³-hybridized carbons (Fsp3) is 0.412. The van der Waals surface area contributed by atoms with Crippen molar-refractivity contribution in [1.29, 1.82) is 0 Å². The van der Waals surface area contributed by atoms with E-state index in [2.05, 4.69) is 10.1 Å². The van der Waals surface area contributed by atoms with Gasteiger partial charge < -0.3 is 15.1 Å². The lowest BCUT2D eigenvalue weighted by Gasteiger charge is -2.33. The zero-order valence-electron chi connectivity index (χ0n) is 14.1.